The van der Waals surface area contributed by atoms with Crippen molar-refractivity contribution < 1.29 is 14.3 Å². The number of carbonyl (C=O) groups excluding carboxylic acids is 2. The Labute approximate surface area is 234 Å². The topological polar surface area (TPSA) is 112 Å². The summed E-state index contributed by atoms with van der Waals surface area (Å²) >= 11 is 0. The van der Waals surface area contributed by atoms with Crippen LogP contribution in [0.25, 0.3) is 11.4 Å². The average molecular weight is 542 g/mol. The van der Waals surface area contributed by atoms with Crippen LogP contribution >= 0.6 is 0 Å². The van der Waals surface area contributed by atoms with Crippen LogP contribution < -0.4 is 20.9 Å². The van der Waals surface area contributed by atoms with E-state index < -0.39 is 0 Å². The van der Waals surface area contributed by atoms with Crippen molar-refractivity contribution in [3.63, 3.8) is 0 Å². The first-order valence-corrected chi connectivity index (χ1v) is 14.0. The molecule has 3 aromatic rings. The fraction of sp³-hybridized carbons (Fsp3) is 0.400. The van der Waals surface area contributed by atoms with Crippen molar-refractivity contribution in [3.8, 4) is 11.4 Å². The summed E-state index contributed by atoms with van der Waals surface area (Å²) < 4.78 is 5.85. The highest BCUT2D eigenvalue weighted by molar-refractivity contribution is 6.00. The highest BCUT2D eigenvalue weighted by Crippen LogP contribution is 2.38. The monoisotopic (exact) mass is 541 g/mol. The summed E-state index contributed by atoms with van der Waals surface area (Å²) in [7, 11) is 1.58. The molecule has 2 unspecified atom stereocenters. The van der Waals surface area contributed by atoms with Gasteiger partial charge in [0, 0.05) is 48.2 Å². The van der Waals surface area contributed by atoms with Gasteiger partial charge in [0.05, 0.1) is 31.0 Å². The van der Waals surface area contributed by atoms with Crippen LogP contribution in [0.3, 0.4) is 0 Å². The maximum Gasteiger partial charge on any atom is 0.323 e. The average Bonchev–Trinajstić information content (AvgIpc) is 3.23. The van der Waals surface area contributed by atoms with Gasteiger partial charge in [-0.15, -0.1) is 0 Å². The quantitative estimate of drug-likeness (QED) is 0.434. The molecular weight excluding hydrogens is 506 g/mol. The number of morpholine rings is 1. The molecule has 40 heavy (non-hydrogen) atoms. The molecule has 208 valence electrons. The zero-order chi connectivity index (χ0) is 27.6. The van der Waals surface area contributed by atoms with Gasteiger partial charge >= 0.3 is 6.03 Å². The minimum atomic E-state index is -0.366. The van der Waals surface area contributed by atoms with Crippen LogP contribution in [0.2, 0.25) is 0 Å². The van der Waals surface area contributed by atoms with Crippen molar-refractivity contribution in [1.29, 1.82) is 0 Å². The Morgan fingerprint density at radius 3 is 2.23 bits per heavy atom. The van der Waals surface area contributed by atoms with E-state index in [1.807, 2.05) is 24.3 Å². The molecule has 0 spiro atoms. The summed E-state index contributed by atoms with van der Waals surface area (Å²) in [5.74, 6) is 1.62. The number of hydrogen-bond acceptors (Lipinski definition) is 7. The number of benzene rings is 2. The summed E-state index contributed by atoms with van der Waals surface area (Å²) in [4.78, 5) is 39.4. The van der Waals surface area contributed by atoms with Crippen LogP contribution in [-0.4, -0.2) is 72.2 Å². The number of aromatic nitrogens is 2. The molecule has 1 aromatic heterocycles. The SMILES string of the molecule is CCN1CCc2c(nc(-c3ccc(NC(=O)Nc4ccc(C(=O)NC)cc4)cc3)nc2N2C3CCC2COC3)C1. The molecule has 2 atom stereocenters. The standard InChI is InChI=1S/C30H35N7O3/c1-3-36-15-14-25-26(16-36)34-27(35-28(25)37-23-12-13-24(37)18-40-17-23)19-4-8-21(9-5-19)32-30(39)33-22-10-6-20(7-11-22)29(38)31-2/h4-11,23-24H,3,12-18H2,1-2H3,(H,31,38)(H2,32,33,39). The molecule has 4 heterocycles. The van der Waals surface area contributed by atoms with Gasteiger partial charge in [0.25, 0.3) is 5.91 Å². The predicted octanol–water partition coefficient (Wildman–Crippen LogP) is 3.89. The number of ether oxygens (including phenoxy) is 1. The Kier molecular flexibility index (Phi) is 7.36. The third-order valence-electron chi connectivity index (χ3n) is 8.09. The molecule has 6 rings (SSSR count). The van der Waals surface area contributed by atoms with Crippen molar-refractivity contribution >= 4 is 29.1 Å². The van der Waals surface area contributed by atoms with E-state index in [0.29, 0.717) is 34.8 Å². The molecular formula is C30H35N7O3. The Balaban J connectivity index is 1.20. The van der Waals surface area contributed by atoms with E-state index in [-0.39, 0.29) is 11.9 Å². The molecule has 3 aliphatic rings. The van der Waals surface area contributed by atoms with Crippen LogP contribution in [0.1, 0.15) is 41.4 Å². The number of nitrogens with zero attached hydrogens (tertiary/aromatic N) is 4. The number of anilines is 3. The molecule has 2 saturated heterocycles. The summed E-state index contributed by atoms with van der Waals surface area (Å²) in [6, 6.07) is 14.7. The van der Waals surface area contributed by atoms with E-state index in [9.17, 15) is 9.59 Å². The third-order valence-corrected chi connectivity index (χ3v) is 8.09. The summed E-state index contributed by atoms with van der Waals surface area (Å²) in [6.45, 7) is 6.56. The largest absolute Gasteiger partial charge is 0.377 e. The van der Waals surface area contributed by atoms with Gasteiger partial charge in [0.2, 0.25) is 0 Å². The molecule has 2 fully saturated rings. The second-order valence-corrected chi connectivity index (χ2v) is 10.6. The molecule has 0 saturated carbocycles. The number of rotatable bonds is 6. The fourth-order valence-corrected chi connectivity index (χ4v) is 5.90. The Morgan fingerprint density at radius 1 is 0.950 bits per heavy atom. The lowest BCUT2D eigenvalue weighted by Crippen LogP contribution is -2.47. The zero-order valence-electron chi connectivity index (χ0n) is 22.9. The number of likely N-dealkylation sites (N-methyl/N-ethyl adjacent to an activating group) is 1. The van der Waals surface area contributed by atoms with Crippen LogP contribution in [0.5, 0.6) is 0 Å². The summed E-state index contributed by atoms with van der Waals surface area (Å²) in [5, 5.41) is 8.24. The van der Waals surface area contributed by atoms with Crippen LogP contribution in [-0.2, 0) is 17.7 Å². The number of hydrogen-bond donors (Lipinski definition) is 3. The van der Waals surface area contributed by atoms with Crippen LogP contribution in [0, 0.1) is 0 Å². The lowest BCUT2D eigenvalue weighted by atomic mass is 10.0. The zero-order valence-corrected chi connectivity index (χ0v) is 22.9. The van der Waals surface area contributed by atoms with Gasteiger partial charge in [-0.25, -0.2) is 14.8 Å². The maximum absolute atomic E-state index is 12.6. The van der Waals surface area contributed by atoms with Gasteiger partial charge in [0.15, 0.2) is 5.82 Å². The number of carbonyl (C=O) groups is 2. The molecule has 3 amide bonds. The Bertz CT molecular complexity index is 1380. The lowest BCUT2D eigenvalue weighted by molar-refractivity contribution is 0.0900. The number of urea groups is 1. The van der Waals surface area contributed by atoms with E-state index in [1.54, 1.807) is 31.3 Å². The first-order valence-electron chi connectivity index (χ1n) is 14.0. The molecule has 3 N–H and O–H groups in total. The normalized spacial score (nSPS) is 20.1. The second-order valence-electron chi connectivity index (χ2n) is 10.6. The molecule has 0 radical (unpaired) electrons. The highest BCUT2D eigenvalue weighted by atomic mass is 16.5. The highest BCUT2D eigenvalue weighted by Gasteiger charge is 2.40. The Hall–Kier alpha value is -4.02. The number of nitrogens with one attached hydrogen (secondary N) is 3. The molecule has 2 aromatic carbocycles. The molecule has 0 aliphatic carbocycles. The smallest absolute Gasteiger partial charge is 0.323 e. The van der Waals surface area contributed by atoms with E-state index in [2.05, 4.69) is 32.7 Å². The van der Waals surface area contributed by atoms with Crippen LogP contribution in [0.4, 0.5) is 22.0 Å². The predicted molar refractivity (Wildman–Crippen MR) is 155 cm³/mol. The van der Waals surface area contributed by atoms with Gasteiger partial charge in [-0.05, 0) is 74.3 Å². The van der Waals surface area contributed by atoms with Gasteiger partial charge in [-0.1, -0.05) is 6.92 Å². The third kappa shape index (κ3) is 5.24. The first kappa shape index (κ1) is 26.2. The van der Waals surface area contributed by atoms with E-state index in [4.69, 9.17) is 14.7 Å². The van der Waals surface area contributed by atoms with E-state index in [0.717, 1.165) is 69.2 Å². The van der Waals surface area contributed by atoms with E-state index in [1.165, 1.54) is 5.56 Å². The van der Waals surface area contributed by atoms with Crippen molar-refractivity contribution in [2.75, 3.05) is 48.9 Å². The van der Waals surface area contributed by atoms with Gasteiger partial charge in [0.1, 0.15) is 5.82 Å². The summed E-state index contributed by atoms with van der Waals surface area (Å²) in [5.41, 5.74) is 5.09. The molecule has 2 bridgehead atoms. The molecule has 3 aliphatic heterocycles. The van der Waals surface area contributed by atoms with Crippen molar-refractivity contribution in [2.24, 2.45) is 0 Å². The minimum Gasteiger partial charge on any atom is -0.377 e. The minimum absolute atomic E-state index is 0.175. The molecule has 10 heteroatoms. The van der Waals surface area contributed by atoms with Crippen molar-refractivity contribution in [2.45, 2.75) is 44.8 Å². The van der Waals surface area contributed by atoms with Crippen molar-refractivity contribution in [1.82, 2.24) is 20.2 Å². The van der Waals surface area contributed by atoms with Crippen molar-refractivity contribution in [3.05, 3.63) is 65.4 Å². The first-order chi connectivity index (χ1) is 19.5. The maximum atomic E-state index is 12.6. The second kappa shape index (κ2) is 11.2. The summed E-state index contributed by atoms with van der Waals surface area (Å²) in [6.07, 6.45) is 3.24. The lowest BCUT2D eigenvalue weighted by Gasteiger charge is -2.38. The van der Waals surface area contributed by atoms with Crippen LogP contribution in [0.15, 0.2) is 48.5 Å². The molecule has 10 nitrogen and oxygen atoms in total. The van der Waals surface area contributed by atoms with Gasteiger partial charge in [-0.3, -0.25) is 9.69 Å². The number of amides is 3. The van der Waals surface area contributed by atoms with Gasteiger partial charge < -0.3 is 25.6 Å². The van der Waals surface area contributed by atoms with E-state index >= 15 is 0 Å². The Morgan fingerprint density at radius 2 is 1.60 bits per heavy atom. The number of fused-ring (bicyclic) bond motifs is 3. The fourth-order valence-electron chi connectivity index (χ4n) is 5.90. The van der Waals surface area contributed by atoms with Gasteiger partial charge in [-0.2, -0.15) is 0 Å².